The summed E-state index contributed by atoms with van der Waals surface area (Å²) in [7, 11) is 0. The van der Waals surface area contributed by atoms with Crippen molar-refractivity contribution in [3.63, 3.8) is 0 Å². The Morgan fingerprint density at radius 3 is 2.94 bits per heavy atom. The lowest BCUT2D eigenvalue weighted by atomic mass is 9.93. The summed E-state index contributed by atoms with van der Waals surface area (Å²) in [4.78, 5) is 23.4. The predicted octanol–water partition coefficient (Wildman–Crippen LogP) is 3.18. The van der Waals surface area contributed by atoms with Gasteiger partial charge in [-0.15, -0.1) is 11.8 Å². The molecule has 3 N–H and O–H groups in total. The van der Waals surface area contributed by atoms with E-state index in [2.05, 4.69) is 44.4 Å². The summed E-state index contributed by atoms with van der Waals surface area (Å²) in [6, 6.07) is 0.567. The van der Waals surface area contributed by atoms with Gasteiger partial charge in [-0.3, -0.25) is 14.6 Å². The molecule has 1 saturated carbocycles. The summed E-state index contributed by atoms with van der Waals surface area (Å²) < 4.78 is 1.98. The normalized spacial score (nSPS) is 21.0. The molecule has 32 heavy (non-hydrogen) atoms. The van der Waals surface area contributed by atoms with Crippen LogP contribution in [0.3, 0.4) is 0 Å². The molecule has 10 nitrogen and oxygen atoms in total. The Kier molecular flexibility index (Phi) is 5.50. The molecule has 5 rings (SSSR count). The third-order valence-electron chi connectivity index (χ3n) is 6.12. The summed E-state index contributed by atoms with van der Waals surface area (Å²) >= 11 is 1.54. The monoisotopic (exact) mass is 453 g/mol. The van der Waals surface area contributed by atoms with Gasteiger partial charge in [-0.2, -0.15) is 20.2 Å². The summed E-state index contributed by atoms with van der Waals surface area (Å²) in [5.74, 6) is 1.51. The molecule has 4 heterocycles. The molecule has 11 heteroatoms. The average molecular weight is 454 g/mol. The highest BCUT2D eigenvalue weighted by Gasteiger charge is 2.29. The van der Waals surface area contributed by atoms with Gasteiger partial charge < -0.3 is 15.5 Å². The number of rotatable bonds is 7. The SMILES string of the molecule is C=CC(=O)N1CC[C@@H](C)[C@@H](Nc2nc(Nc3cnn(C4CC4)c3)nc3[nH]nc(SC)c23)C1. The van der Waals surface area contributed by atoms with Crippen molar-refractivity contribution in [2.45, 2.75) is 43.3 Å². The van der Waals surface area contributed by atoms with Gasteiger partial charge in [0.25, 0.3) is 0 Å². The number of aromatic amines is 1. The summed E-state index contributed by atoms with van der Waals surface area (Å²) in [5.41, 5.74) is 1.51. The van der Waals surface area contributed by atoms with Crippen LogP contribution >= 0.6 is 11.8 Å². The van der Waals surface area contributed by atoms with Gasteiger partial charge in [0.2, 0.25) is 11.9 Å². The van der Waals surface area contributed by atoms with E-state index < -0.39 is 0 Å². The number of H-pyrrole nitrogens is 1. The van der Waals surface area contributed by atoms with E-state index in [0.717, 1.165) is 29.1 Å². The van der Waals surface area contributed by atoms with Crippen LogP contribution in [0.2, 0.25) is 0 Å². The molecule has 2 aliphatic rings. The van der Waals surface area contributed by atoms with Crippen LogP contribution in [0.15, 0.2) is 30.1 Å². The summed E-state index contributed by atoms with van der Waals surface area (Å²) in [6.45, 7) is 7.16. The number of likely N-dealkylation sites (tertiary alicyclic amines) is 1. The number of thioether (sulfide) groups is 1. The molecule has 1 saturated heterocycles. The first-order chi connectivity index (χ1) is 15.6. The Bertz CT molecular complexity index is 1150. The van der Waals surface area contributed by atoms with Gasteiger partial charge in [0.1, 0.15) is 10.8 Å². The zero-order valence-corrected chi connectivity index (χ0v) is 19.0. The lowest BCUT2D eigenvalue weighted by Gasteiger charge is -2.37. The van der Waals surface area contributed by atoms with Gasteiger partial charge in [0.05, 0.1) is 23.3 Å². The van der Waals surface area contributed by atoms with E-state index >= 15 is 0 Å². The van der Waals surface area contributed by atoms with Gasteiger partial charge in [-0.25, -0.2) is 0 Å². The maximum atomic E-state index is 12.2. The highest BCUT2D eigenvalue weighted by molar-refractivity contribution is 7.98. The first-order valence-corrected chi connectivity index (χ1v) is 12.1. The molecule has 168 valence electrons. The number of carbonyl (C=O) groups is 1. The molecule has 0 unspecified atom stereocenters. The van der Waals surface area contributed by atoms with Gasteiger partial charge in [0, 0.05) is 25.3 Å². The van der Waals surface area contributed by atoms with Crippen molar-refractivity contribution in [3.05, 3.63) is 25.0 Å². The first-order valence-electron chi connectivity index (χ1n) is 10.8. The van der Waals surface area contributed by atoms with Crippen molar-refractivity contribution in [2.24, 2.45) is 5.92 Å². The third kappa shape index (κ3) is 4.04. The molecule has 0 bridgehead atoms. The van der Waals surface area contributed by atoms with Crippen molar-refractivity contribution in [1.82, 2.24) is 34.8 Å². The van der Waals surface area contributed by atoms with E-state index in [4.69, 9.17) is 4.98 Å². The maximum absolute atomic E-state index is 12.2. The predicted molar refractivity (Wildman–Crippen MR) is 125 cm³/mol. The molecule has 0 aromatic carbocycles. The standard InChI is InChI=1S/C21H27N9OS/c1-4-16(31)29-8-7-12(2)15(11-29)24-18-17-19(27-28-20(17)32-3)26-21(25-18)23-13-9-22-30(10-13)14-5-6-14/h4,9-10,12,14-15H,1,5-8,11H2,2-3H3,(H3,23,24,25,26,27,28)/t12-,15+/m1/s1. The molecule has 1 aliphatic carbocycles. The van der Waals surface area contributed by atoms with Gasteiger partial charge in [-0.1, -0.05) is 13.5 Å². The maximum Gasteiger partial charge on any atom is 0.246 e. The third-order valence-corrected chi connectivity index (χ3v) is 6.81. The number of hydrogen-bond acceptors (Lipinski definition) is 8. The van der Waals surface area contributed by atoms with Crippen molar-refractivity contribution >= 4 is 46.2 Å². The van der Waals surface area contributed by atoms with Crippen LogP contribution in [0, 0.1) is 5.92 Å². The molecule has 0 spiro atoms. The van der Waals surface area contributed by atoms with Crippen molar-refractivity contribution in [1.29, 1.82) is 0 Å². The number of nitrogens with one attached hydrogen (secondary N) is 3. The van der Waals surface area contributed by atoms with E-state index in [1.165, 1.54) is 18.9 Å². The lowest BCUT2D eigenvalue weighted by Crippen LogP contribution is -2.48. The quantitative estimate of drug-likeness (QED) is 0.369. The zero-order chi connectivity index (χ0) is 22.2. The van der Waals surface area contributed by atoms with E-state index in [0.29, 0.717) is 35.9 Å². The minimum Gasteiger partial charge on any atom is -0.364 e. The molecule has 2 fully saturated rings. The number of fused-ring (bicyclic) bond motifs is 1. The molecular formula is C21H27N9OS. The summed E-state index contributed by atoms with van der Waals surface area (Å²) in [6.07, 6.45) is 10.4. The van der Waals surface area contributed by atoms with Crippen molar-refractivity contribution in [2.75, 3.05) is 30.0 Å². The highest BCUT2D eigenvalue weighted by atomic mass is 32.2. The number of piperidine rings is 1. The highest BCUT2D eigenvalue weighted by Crippen LogP contribution is 2.35. The smallest absolute Gasteiger partial charge is 0.246 e. The van der Waals surface area contributed by atoms with Gasteiger partial charge in [-0.05, 0) is 37.5 Å². The summed E-state index contributed by atoms with van der Waals surface area (Å²) in [5, 5.41) is 20.4. The molecule has 3 aromatic heterocycles. The number of anilines is 3. The van der Waals surface area contributed by atoms with Crippen LogP contribution in [-0.4, -0.2) is 66.1 Å². The second-order valence-corrected chi connectivity index (χ2v) is 9.22. The fraction of sp³-hybridized carbons (Fsp3) is 0.476. The number of nitrogens with zero attached hydrogens (tertiary/aromatic N) is 6. The molecule has 1 amide bonds. The Morgan fingerprint density at radius 1 is 1.34 bits per heavy atom. The fourth-order valence-electron chi connectivity index (χ4n) is 4.04. The van der Waals surface area contributed by atoms with E-state index in [9.17, 15) is 4.79 Å². The van der Waals surface area contributed by atoms with Crippen LogP contribution < -0.4 is 10.6 Å². The first kappa shape index (κ1) is 20.8. The second-order valence-electron chi connectivity index (χ2n) is 8.42. The Labute approximate surface area is 190 Å². The Hall–Kier alpha value is -3.08. The molecule has 2 atom stereocenters. The number of hydrogen-bond donors (Lipinski definition) is 3. The van der Waals surface area contributed by atoms with Gasteiger partial charge >= 0.3 is 0 Å². The van der Waals surface area contributed by atoms with E-state index in [1.807, 2.05) is 22.0 Å². The van der Waals surface area contributed by atoms with Crippen molar-refractivity contribution in [3.8, 4) is 0 Å². The van der Waals surface area contributed by atoms with Crippen LogP contribution in [0.25, 0.3) is 11.0 Å². The van der Waals surface area contributed by atoms with Crippen LogP contribution in [-0.2, 0) is 4.79 Å². The van der Waals surface area contributed by atoms with Gasteiger partial charge in [0.15, 0.2) is 5.65 Å². The molecule has 0 radical (unpaired) electrons. The zero-order valence-electron chi connectivity index (χ0n) is 18.2. The number of aromatic nitrogens is 6. The van der Waals surface area contributed by atoms with Crippen molar-refractivity contribution < 1.29 is 4.79 Å². The lowest BCUT2D eigenvalue weighted by molar-refractivity contribution is -0.127. The fourth-order valence-corrected chi connectivity index (χ4v) is 4.58. The number of amides is 1. The molecular weight excluding hydrogens is 426 g/mol. The largest absolute Gasteiger partial charge is 0.364 e. The van der Waals surface area contributed by atoms with Crippen LogP contribution in [0.1, 0.15) is 32.2 Å². The van der Waals surface area contributed by atoms with E-state index in [1.54, 1.807) is 18.0 Å². The Morgan fingerprint density at radius 2 is 2.19 bits per heavy atom. The Balaban J connectivity index is 1.45. The minimum absolute atomic E-state index is 0.0420. The molecule has 1 aliphatic heterocycles. The van der Waals surface area contributed by atoms with E-state index in [-0.39, 0.29) is 11.9 Å². The minimum atomic E-state index is -0.0420. The topological polar surface area (TPSA) is 117 Å². The number of carbonyl (C=O) groups excluding carboxylic acids is 1. The van der Waals surface area contributed by atoms with Crippen LogP contribution in [0.4, 0.5) is 17.5 Å². The average Bonchev–Trinajstić information content (AvgIpc) is 3.40. The van der Waals surface area contributed by atoms with Crippen LogP contribution in [0.5, 0.6) is 0 Å². The molecule has 3 aromatic rings. The second kappa shape index (κ2) is 8.45.